The van der Waals surface area contributed by atoms with Crippen molar-refractivity contribution in [3.63, 3.8) is 0 Å². The van der Waals surface area contributed by atoms with Gasteiger partial charge in [0.2, 0.25) is 0 Å². The molecule has 1 atom stereocenters. The zero-order chi connectivity index (χ0) is 13.9. The second-order valence-corrected chi connectivity index (χ2v) is 5.34. The summed E-state index contributed by atoms with van der Waals surface area (Å²) in [5, 5.41) is 12.3. The molecule has 2 heterocycles. The Morgan fingerprint density at radius 2 is 2.05 bits per heavy atom. The number of aliphatic hydroxyl groups is 1. The summed E-state index contributed by atoms with van der Waals surface area (Å²) < 4.78 is 5.40. The van der Waals surface area contributed by atoms with Crippen LogP contribution in [0.15, 0.2) is 58.3 Å². The van der Waals surface area contributed by atoms with Crippen LogP contribution in [0.2, 0.25) is 0 Å². The van der Waals surface area contributed by atoms with E-state index in [0.717, 1.165) is 16.0 Å². The minimum absolute atomic E-state index is 0.296. The number of hydrogen-bond acceptors (Lipinski definition) is 4. The molecule has 1 unspecified atom stereocenters. The molecule has 0 fully saturated rings. The third-order valence-electron chi connectivity index (χ3n) is 3.04. The molecule has 20 heavy (non-hydrogen) atoms. The lowest BCUT2D eigenvalue weighted by Crippen LogP contribution is -1.96. The molecule has 3 aromatic rings. The lowest BCUT2D eigenvalue weighted by molar-refractivity contribution is 0.110. The maximum atomic E-state index is 10.6. The lowest BCUT2D eigenvalue weighted by atomic mass is 10.0. The highest BCUT2D eigenvalue weighted by molar-refractivity contribution is 7.10. The lowest BCUT2D eigenvalue weighted by Gasteiger charge is -2.10. The van der Waals surface area contributed by atoms with Crippen molar-refractivity contribution in [2.75, 3.05) is 0 Å². The molecule has 0 bridgehead atoms. The monoisotopic (exact) mass is 284 g/mol. The van der Waals surface area contributed by atoms with Crippen molar-refractivity contribution < 1.29 is 14.3 Å². The Kier molecular flexibility index (Phi) is 3.50. The van der Waals surface area contributed by atoms with Crippen LogP contribution in [-0.4, -0.2) is 11.4 Å². The maximum absolute atomic E-state index is 10.6. The van der Waals surface area contributed by atoms with Crippen LogP contribution in [0.1, 0.15) is 27.1 Å². The van der Waals surface area contributed by atoms with Crippen molar-refractivity contribution >= 4 is 17.6 Å². The number of aliphatic hydroxyl groups excluding tert-OH is 1. The van der Waals surface area contributed by atoms with E-state index in [1.54, 1.807) is 12.1 Å². The van der Waals surface area contributed by atoms with Crippen LogP contribution in [0.25, 0.3) is 11.3 Å². The molecule has 0 spiro atoms. The molecule has 0 aliphatic carbocycles. The van der Waals surface area contributed by atoms with Crippen molar-refractivity contribution in [1.29, 1.82) is 0 Å². The molecular weight excluding hydrogens is 272 g/mol. The van der Waals surface area contributed by atoms with E-state index >= 15 is 0 Å². The number of aldehydes is 1. The molecule has 0 aliphatic rings. The van der Waals surface area contributed by atoms with Crippen molar-refractivity contribution in [1.82, 2.24) is 0 Å². The summed E-state index contributed by atoms with van der Waals surface area (Å²) in [6.45, 7) is 0. The number of benzene rings is 1. The average Bonchev–Trinajstić information content (AvgIpc) is 3.17. The minimum atomic E-state index is -0.643. The van der Waals surface area contributed by atoms with Gasteiger partial charge < -0.3 is 9.52 Å². The molecule has 4 heteroatoms. The molecule has 3 nitrogen and oxygen atoms in total. The maximum Gasteiger partial charge on any atom is 0.185 e. The Morgan fingerprint density at radius 1 is 1.15 bits per heavy atom. The third kappa shape index (κ3) is 2.43. The summed E-state index contributed by atoms with van der Waals surface area (Å²) in [4.78, 5) is 11.5. The third-order valence-corrected chi connectivity index (χ3v) is 3.97. The largest absolute Gasteiger partial charge is 0.453 e. The summed E-state index contributed by atoms with van der Waals surface area (Å²) in [5.74, 6) is 0.913. The summed E-state index contributed by atoms with van der Waals surface area (Å²) in [6, 6.07) is 14.7. The van der Waals surface area contributed by atoms with Gasteiger partial charge in [-0.05, 0) is 35.2 Å². The van der Waals surface area contributed by atoms with E-state index in [4.69, 9.17) is 4.42 Å². The van der Waals surface area contributed by atoms with E-state index in [1.807, 2.05) is 41.8 Å². The Morgan fingerprint density at radius 3 is 2.75 bits per heavy atom. The van der Waals surface area contributed by atoms with Gasteiger partial charge in [-0.2, -0.15) is 0 Å². The molecule has 3 rings (SSSR count). The van der Waals surface area contributed by atoms with Crippen molar-refractivity contribution in [3.8, 4) is 11.3 Å². The van der Waals surface area contributed by atoms with Gasteiger partial charge in [0, 0.05) is 10.4 Å². The first-order valence-corrected chi connectivity index (χ1v) is 7.03. The second-order valence-electron chi connectivity index (χ2n) is 4.36. The van der Waals surface area contributed by atoms with E-state index in [-0.39, 0.29) is 0 Å². The van der Waals surface area contributed by atoms with Crippen LogP contribution >= 0.6 is 11.3 Å². The van der Waals surface area contributed by atoms with Crippen molar-refractivity contribution in [2.45, 2.75) is 6.10 Å². The number of thiophene rings is 1. The van der Waals surface area contributed by atoms with Crippen molar-refractivity contribution in [3.05, 3.63) is 70.1 Å². The van der Waals surface area contributed by atoms with Gasteiger partial charge in [-0.1, -0.05) is 24.3 Å². The minimum Gasteiger partial charge on any atom is -0.453 e. The number of hydrogen-bond donors (Lipinski definition) is 1. The predicted molar refractivity (Wildman–Crippen MR) is 77.9 cm³/mol. The second kappa shape index (κ2) is 5.45. The Labute approximate surface area is 120 Å². The van der Waals surface area contributed by atoms with Gasteiger partial charge in [0.15, 0.2) is 12.0 Å². The van der Waals surface area contributed by atoms with E-state index in [1.165, 1.54) is 11.3 Å². The first-order valence-electron chi connectivity index (χ1n) is 6.15. The smallest absolute Gasteiger partial charge is 0.185 e. The molecule has 0 saturated heterocycles. The molecule has 100 valence electrons. The van der Waals surface area contributed by atoms with Gasteiger partial charge in [-0.25, -0.2) is 0 Å². The SMILES string of the molecule is O=Cc1ccc(-c2cccc(C(O)c3cccs3)c2)o1. The van der Waals surface area contributed by atoms with E-state index in [9.17, 15) is 9.90 Å². The molecule has 2 aromatic heterocycles. The fourth-order valence-corrected chi connectivity index (χ4v) is 2.78. The predicted octanol–water partition coefficient (Wildman–Crippen LogP) is 3.90. The van der Waals surface area contributed by atoms with Crippen LogP contribution < -0.4 is 0 Å². The van der Waals surface area contributed by atoms with Crippen LogP contribution in [0.3, 0.4) is 0 Å². The van der Waals surface area contributed by atoms with Crippen LogP contribution in [0, 0.1) is 0 Å². The van der Waals surface area contributed by atoms with Gasteiger partial charge in [-0.15, -0.1) is 11.3 Å². The summed E-state index contributed by atoms with van der Waals surface area (Å²) in [6.07, 6.45) is 0.0314. The summed E-state index contributed by atoms with van der Waals surface area (Å²) in [7, 11) is 0. The van der Waals surface area contributed by atoms with Crippen LogP contribution in [-0.2, 0) is 0 Å². The Hall–Kier alpha value is -2.17. The number of rotatable bonds is 4. The number of carbonyl (C=O) groups is 1. The normalized spacial score (nSPS) is 12.2. The van der Waals surface area contributed by atoms with Gasteiger partial charge >= 0.3 is 0 Å². The summed E-state index contributed by atoms with van der Waals surface area (Å²) >= 11 is 1.52. The zero-order valence-corrected chi connectivity index (χ0v) is 11.3. The van der Waals surface area contributed by atoms with Gasteiger partial charge in [0.25, 0.3) is 0 Å². The topological polar surface area (TPSA) is 50.4 Å². The van der Waals surface area contributed by atoms with Gasteiger partial charge in [0.1, 0.15) is 11.9 Å². The standard InChI is InChI=1S/C16H12O3S/c17-10-13-6-7-14(19-13)11-3-1-4-12(9-11)16(18)15-5-2-8-20-15/h1-10,16,18H. The molecule has 0 aliphatic heterocycles. The highest BCUT2D eigenvalue weighted by atomic mass is 32.1. The fourth-order valence-electron chi connectivity index (χ4n) is 2.04. The number of carbonyl (C=O) groups excluding carboxylic acids is 1. The fraction of sp³-hybridized carbons (Fsp3) is 0.0625. The van der Waals surface area contributed by atoms with Crippen molar-refractivity contribution in [2.24, 2.45) is 0 Å². The first kappa shape index (κ1) is 12.8. The zero-order valence-electron chi connectivity index (χ0n) is 10.5. The van der Waals surface area contributed by atoms with Crippen LogP contribution in [0.4, 0.5) is 0 Å². The van der Waals surface area contributed by atoms with Gasteiger partial charge in [0.05, 0.1) is 0 Å². The quantitative estimate of drug-likeness (QED) is 0.739. The van der Waals surface area contributed by atoms with Crippen LogP contribution in [0.5, 0.6) is 0 Å². The molecule has 1 N–H and O–H groups in total. The highest BCUT2D eigenvalue weighted by Gasteiger charge is 2.13. The number of furan rings is 1. The molecule has 0 saturated carbocycles. The first-order chi connectivity index (χ1) is 9.78. The molecular formula is C16H12O3S. The van der Waals surface area contributed by atoms with Gasteiger partial charge in [-0.3, -0.25) is 4.79 Å². The highest BCUT2D eigenvalue weighted by Crippen LogP contribution is 2.29. The Bertz CT molecular complexity index is 713. The average molecular weight is 284 g/mol. The molecule has 0 radical (unpaired) electrons. The van der Waals surface area contributed by atoms with E-state index in [2.05, 4.69) is 0 Å². The van der Waals surface area contributed by atoms with E-state index < -0.39 is 6.10 Å². The Balaban J connectivity index is 1.95. The van der Waals surface area contributed by atoms with E-state index in [0.29, 0.717) is 17.8 Å². The molecule has 0 amide bonds. The summed E-state index contributed by atoms with van der Waals surface area (Å²) in [5.41, 5.74) is 1.64. The molecule has 1 aromatic carbocycles.